The van der Waals surface area contributed by atoms with Crippen LogP contribution in [0.2, 0.25) is 0 Å². The SMILES string of the molecule is CNC(C)c1oc2cc(OC)ccc2c1C. The van der Waals surface area contributed by atoms with Crippen LogP contribution in [0.25, 0.3) is 11.0 Å². The van der Waals surface area contributed by atoms with Crippen molar-refractivity contribution < 1.29 is 9.15 Å². The Balaban J connectivity index is 2.58. The summed E-state index contributed by atoms with van der Waals surface area (Å²) < 4.78 is 11.0. The van der Waals surface area contributed by atoms with E-state index in [1.165, 1.54) is 5.56 Å². The summed E-state index contributed by atoms with van der Waals surface area (Å²) in [6, 6.07) is 6.14. The van der Waals surface area contributed by atoms with E-state index < -0.39 is 0 Å². The monoisotopic (exact) mass is 219 g/mol. The van der Waals surface area contributed by atoms with Crippen molar-refractivity contribution in [1.29, 1.82) is 0 Å². The van der Waals surface area contributed by atoms with Crippen LogP contribution in [0.4, 0.5) is 0 Å². The highest BCUT2D eigenvalue weighted by Crippen LogP contribution is 2.31. The average molecular weight is 219 g/mol. The van der Waals surface area contributed by atoms with Gasteiger partial charge in [0.2, 0.25) is 0 Å². The van der Waals surface area contributed by atoms with Gasteiger partial charge in [-0.1, -0.05) is 0 Å². The van der Waals surface area contributed by atoms with E-state index in [4.69, 9.17) is 9.15 Å². The van der Waals surface area contributed by atoms with Gasteiger partial charge in [-0.3, -0.25) is 0 Å². The molecule has 1 unspecified atom stereocenters. The standard InChI is InChI=1S/C13H17NO2/c1-8-11-6-5-10(15-4)7-12(11)16-13(8)9(2)14-3/h5-7,9,14H,1-4H3. The molecule has 3 nitrogen and oxygen atoms in total. The molecule has 2 aromatic rings. The van der Waals surface area contributed by atoms with Crippen molar-refractivity contribution in [3.63, 3.8) is 0 Å². The second-order valence-electron chi connectivity index (χ2n) is 3.96. The van der Waals surface area contributed by atoms with Crippen LogP contribution >= 0.6 is 0 Å². The fraction of sp³-hybridized carbons (Fsp3) is 0.385. The Labute approximate surface area is 95.4 Å². The number of hydrogen-bond donors (Lipinski definition) is 1. The Bertz CT molecular complexity index is 502. The van der Waals surface area contributed by atoms with Gasteiger partial charge in [-0.25, -0.2) is 0 Å². The van der Waals surface area contributed by atoms with Crippen molar-refractivity contribution in [2.45, 2.75) is 19.9 Å². The van der Waals surface area contributed by atoms with Gasteiger partial charge in [-0.15, -0.1) is 0 Å². The lowest BCUT2D eigenvalue weighted by Crippen LogP contribution is -2.12. The van der Waals surface area contributed by atoms with Crippen LogP contribution in [-0.4, -0.2) is 14.2 Å². The molecule has 0 bridgehead atoms. The number of ether oxygens (including phenoxy) is 1. The van der Waals surface area contributed by atoms with Crippen LogP contribution < -0.4 is 10.1 Å². The number of benzene rings is 1. The normalized spacial score (nSPS) is 13.0. The summed E-state index contributed by atoms with van der Waals surface area (Å²) in [6.45, 7) is 4.17. The topological polar surface area (TPSA) is 34.4 Å². The largest absolute Gasteiger partial charge is 0.497 e. The van der Waals surface area contributed by atoms with E-state index >= 15 is 0 Å². The minimum absolute atomic E-state index is 0.221. The quantitative estimate of drug-likeness (QED) is 0.861. The summed E-state index contributed by atoms with van der Waals surface area (Å²) in [5.74, 6) is 1.82. The lowest BCUT2D eigenvalue weighted by atomic mass is 10.1. The molecule has 2 rings (SSSR count). The molecule has 3 heteroatoms. The Morgan fingerprint density at radius 3 is 2.75 bits per heavy atom. The molecule has 0 fully saturated rings. The number of nitrogens with one attached hydrogen (secondary N) is 1. The van der Waals surface area contributed by atoms with Crippen LogP contribution in [0.1, 0.15) is 24.3 Å². The number of hydrogen-bond acceptors (Lipinski definition) is 3. The third kappa shape index (κ3) is 1.67. The number of rotatable bonds is 3. The minimum atomic E-state index is 0.221. The number of aryl methyl sites for hydroxylation is 1. The Hall–Kier alpha value is -1.48. The van der Waals surface area contributed by atoms with Crippen LogP contribution in [0, 0.1) is 6.92 Å². The molecule has 0 amide bonds. The van der Waals surface area contributed by atoms with E-state index in [2.05, 4.69) is 19.2 Å². The van der Waals surface area contributed by atoms with Crippen LogP contribution in [0.5, 0.6) is 5.75 Å². The molecule has 1 atom stereocenters. The van der Waals surface area contributed by atoms with Crippen molar-refractivity contribution in [3.05, 3.63) is 29.5 Å². The minimum Gasteiger partial charge on any atom is -0.497 e. The molecule has 0 saturated carbocycles. The molecule has 0 saturated heterocycles. The fourth-order valence-electron chi connectivity index (χ4n) is 1.90. The number of furan rings is 1. The van der Waals surface area contributed by atoms with E-state index in [1.54, 1.807) is 7.11 Å². The lowest BCUT2D eigenvalue weighted by Gasteiger charge is -2.06. The van der Waals surface area contributed by atoms with Gasteiger partial charge in [0.15, 0.2) is 0 Å². The molecule has 86 valence electrons. The van der Waals surface area contributed by atoms with Gasteiger partial charge < -0.3 is 14.5 Å². The summed E-state index contributed by atoms with van der Waals surface area (Å²) in [5, 5.41) is 4.34. The molecule has 0 radical (unpaired) electrons. The first kappa shape index (κ1) is 11.0. The van der Waals surface area contributed by atoms with Gasteiger partial charge in [0.05, 0.1) is 13.2 Å². The second-order valence-corrected chi connectivity index (χ2v) is 3.96. The Morgan fingerprint density at radius 1 is 1.38 bits per heavy atom. The third-order valence-corrected chi connectivity index (χ3v) is 3.01. The first-order chi connectivity index (χ1) is 7.67. The molecule has 0 aliphatic rings. The van der Waals surface area contributed by atoms with E-state index in [1.807, 2.05) is 25.2 Å². The van der Waals surface area contributed by atoms with Gasteiger partial charge in [-0.05, 0) is 38.6 Å². The van der Waals surface area contributed by atoms with Crippen LogP contribution in [0.3, 0.4) is 0 Å². The molecule has 16 heavy (non-hydrogen) atoms. The van der Waals surface area contributed by atoms with Gasteiger partial charge in [0.1, 0.15) is 17.1 Å². The average Bonchev–Trinajstić information content (AvgIpc) is 2.65. The van der Waals surface area contributed by atoms with Crippen molar-refractivity contribution >= 4 is 11.0 Å². The molecule has 0 spiro atoms. The Morgan fingerprint density at radius 2 is 2.12 bits per heavy atom. The smallest absolute Gasteiger partial charge is 0.138 e. The Kier molecular flexibility index (Phi) is 2.88. The zero-order chi connectivity index (χ0) is 11.7. The molecule has 1 aromatic heterocycles. The molecule has 0 aliphatic carbocycles. The first-order valence-corrected chi connectivity index (χ1v) is 5.41. The van der Waals surface area contributed by atoms with Crippen molar-refractivity contribution in [2.75, 3.05) is 14.2 Å². The summed E-state index contributed by atoms with van der Waals surface area (Å²) in [7, 11) is 3.59. The van der Waals surface area contributed by atoms with E-state index in [-0.39, 0.29) is 6.04 Å². The molecular weight excluding hydrogens is 202 g/mol. The first-order valence-electron chi connectivity index (χ1n) is 5.41. The third-order valence-electron chi connectivity index (χ3n) is 3.01. The fourth-order valence-corrected chi connectivity index (χ4v) is 1.90. The molecule has 1 heterocycles. The van der Waals surface area contributed by atoms with E-state index in [9.17, 15) is 0 Å². The van der Waals surface area contributed by atoms with Gasteiger partial charge in [0, 0.05) is 11.5 Å². The summed E-state index contributed by atoms with van der Waals surface area (Å²) in [5.41, 5.74) is 2.08. The van der Waals surface area contributed by atoms with Crippen LogP contribution in [-0.2, 0) is 0 Å². The maximum Gasteiger partial charge on any atom is 0.138 e. The van der Waals surface area contributed by atoms with E-state index in [0.29, 0.717) is 0 Å². The van der Waals surface area contributed by atoms with Crippen LogP contribution in [0.15, 0.2) is 22.6 Å². The maximum atomic E-state index is 5.85. The molecule has 1 N–H and O–H groups in total. The van der Waals surface area contributed by atoms with Crippen molar-refractivity contribution in [3.8, 4) is 5.75 Å². The summed E-state index contributed by atoms with van der Waals surface area (Å²) >= 11 is 0. The highest BCUT2D eigenvalue weighted by molar-refractivity contribution is 5.83. The molecule has 1 aromatic carbocycles. The highest BCUT2D eigenvalue weighted by Gasteiger charge is 2.15. The van der Waals surface area contributed by atoms with Gasteiger partial charge >= 0.3 is 0 Å². The predicted molar refractivity (Wildman–Crippen MR) is 65.0 cm³/mol. The predicted octanol–water partition coefficient (Wildman–Crippen LogP) is 3.03. The van der Waals surface area contributed by atoms with Gasteiger partial charge in [0.25, 0.3) is 0 Å². The zero-order valence-electron chi connectivity index (χ0n) is 10.1. The second kappa shape index (κ2) is 4.18. The maximum absolute atomic E-state index is 5.85. The lowest BCUT2D eigenvalue weighted by molar-refractivity contribution is 0.413. The molecule has 0 aliphatic heterocycles. The van der Waals surface area contributed by atoms with E-state index in [0.717, 1.165) is 22.5 Å². The van der Waals surface area contributed by atoms with Gasteiger partial charge in [-0.2, -0.15) is 0 Å². The van der Waals surface area contributed by atoms with Crippen molar-refractivity contribution in [2.24, 2.45) is 0 Å². The zero-order valence-corrected chi connectivity index (χ0v) is 10.1. The number of fused-ring (bicyclic) bond motifs is 1. The molecular formula is C13H17NO2. The summed E-state index contributed by atoms with van der Waals surface area (Å²) in [4.78, 5) is 0. The highest BCUT2D eigenvalue weighted by atomic mass is 16.5. The summed E-state index contributed by atoms with van der Waals surface area (Å²) in [6.07, 6.45) is 0. The number of methoxy groups -OCH3 is 1. The van der Waals surface area contributed by atoms with Crippen molar-refractivity contribution in [1.82, 2.24) is 5.32 Å².